The van der Waals surface area contributed by atoms with Gasteiger partial charge in [-0.25, -0.2) is 17.9 Å². The second-order valence-corrected chi connectivity index (χ2v) is 11.3. The first kappa shape index (κ1) is 26.9. The summed E-state index contributed by atoms with van der Waals surface area (Å²) in [5, 5.41) is 7.95. The predicted octanol–water partition coefficient (Wildman–Crippen LogP) is 4.84. The molecule has 1 fully saturated rings. The molecule has 0 spiro atoms. The number of hydrogen-bond acceptors (Lipinski definition) is 6. The molecule has 1 N–H and O–H groups in total. The highest BCUT2D eigenvalue weighted by atomic mass is 32.2. The van der Waals surface area contributed by atoms with Crippen LogP contribution in [0.4, 0.5) is 18.9 Å². The number of ether oxygens (including phenoxy) is 1. The topological polar surface area (TPSA) is 106 Å². The van der Waals surface area contributed by atoms with Gasteiger partial charge in [0.15, 0.2) is 11.3 Å². The Hall–Kier alpha value is -4.33. The number of anilines is 1. The molecular formula is C28H22F3N5O4S. The van der Waals surface area contributed by atoms with Crippen molar-refractivity contribution in [3.8, 4) is 11.3 Å². The summed E-state index contributed by atoms with van der Waals surface area (Å²) < 4.78 is 75.2. The second-order valence-electron chi connectivity index (χ2n) is 9.34. The molecule has 41 heavy (non-hydrogen) atoms. The maximum Gasteiger partial charge on any atom is 0.433 e. The van der Waals surface area contributed by atoms with Crippen LogP contribution >= 0.6 is 0 Å². The van der Waals surface area contributed by atoms with E-state index in [1.807, 2.05) is 18.2 Å². The molecule has 210 valence electrons. The number of rotatable bonds is 5. The van der Waals surface area contributed by atoms with Gasteiger partial charge in [-0.2, -0.15) is 22.6 Å². The van der Waals surface area contributed by atoms with Crippen molar-refractivity contribution in [3.05, 3.63) is 90.3 Å². The lowest BCUT2D eigenvalue weighted by molar-refractivity contribution is -0.142. The first-order valence-corrected chi connectivity index (χ1v) is 14.0. The third kappa shape index (κ3) is 5.03. The molecule has 0 unspecified atom stereocenters. The standard InChI is InChI=1S/C28H22F3N5O4S/c29-28(30,31)25-16-24(22-7-3-5-18-4-1-2-6-21(18)22)34-26-23(17-32-36(25)26)27(37)33-19-8-10-20(11-9-19)41(38,39)35-12-14-40-15-13-35/h1-11,16-17H,12-15H2,(H,33,37). The van der Waals surface area contributed by atoms with Gasteiger partial charge >= 0.3 is 6.18 Å². The molecule has 1 aliphatic heterocycles. The van der Waals surface area contributed by atoms with Crippen molar-refractivity contribution in [1.82, 2.24) is 18.9 Å². The van der Waals surface area contributed by atoms with E-state index in [0.29, 0.717) is 28.7 Å². The number of fused-ring (bicyclic) bond motifs is 2. The van der Waals surface area contributed by atoms with Crippen molar-refractivity contribution >= 4 is 38.0 Å². The summed E-state index contributed by atoms with van der Waals surface area (Å²) in [6, 6.07) is 18.9. The number of hydrogen-bond donors (Lipinski definition) is 1. The van der Waals surface area contributed by atoms with Gasteiger partial charge in [-0.05, 0) is 41.1 Å². The van der Waals surface area contributed by atoms with Crippen LogP contribution in [0, 0.1) is 0 Å². The summed E-state index contributed by atoms with van der Waals surface area (Å²) in [6.07, 6.45) is -3.75. The molecule has 0 aliphatic carbocycles. The molecule has 6 rings (SSSR count). The van der Waals surface area contributed by atoms with E-state index in [2.05, 4.69) is 15.4 Å². The molecule has 1 amide bonds. The number of nitrogens with one attached hydrogen (secondary N) is 1. The monoisotopic (exact) mass is 581 g/mol. The van der Waals surface area contributed by atoms with E-state index in [9.17, 15) is 26.4 Å². The summed E-state index contributed by atoms with van der Waals surface area (Å²) in [4.78, 5) is 17.7. The number of halogens is 3. The van der Waals surface area contributed by atoms with Gasteiger partial charge in [0.05, 0.1) is 30.0 Å². The molecule has 5 aromatic rings. The molecule has 1 saturated heterocycles. The zero-order valence-electron chi connectivity index (χ0n) is 21.3. The number of nitrogens with zero attached hydrogens (tertiary/aromatic N) is 4. The highest BCUT2D eigenvalue weighted by molar-refractivity contribution is 7.89. The van der Waals surface area contributed by atoms with E-state index in [1.165, 1.54) is 28.6 Å². The molecule has 2 aromatic heterocycles. The van der Waals surface area contributed by atoms with E-state index < -0.39 is 27.8 Å². The number of carbonyl (C=O) groups excluding carboxylic acids is 1. The quantitative estimate of drug-likeness (QED) is 0.319. The third-order valence-electron chi connectivity index (χ3n) is 6.79. The van der Waals surface area contributed by atoms with Gasteiger partial charge in [-0.1, -0.05) is 42.5 Å². The first-order chi connectivity index (χ1) is 19.6. The average molecular weight is 582 g/mol. The Balaban J connectivity index is 1.35. The Bertz CT molecular complexity index is 1880. The van der Waals surface area contributed by atoms with Crippen LogP contribution in [-0.2, 0) is 20.9 Å². The maximum atomic E-state index is 14.1. The molecule has 0 saturated carbocycles. The summed E-state index contributed by atoms with van der Waals surface area (Å²) in [6.45, 7) is 1.09. The number of benzene rings is 3. The SMILES string of the molecule is O=C(Nc1ccc(S(=O)(=O)N2CCOCC2)cc1)c1cnn2c(C(F)(F)F)cc(-c3cccc4ccccc34)nc12. The number of aromatic nitrogens is 3. The van der Waals surface area contributed by atoms with Gasteiger partial charge in [0, 0.05) is 24.3 Å². The Morgan fingerprint density at radius 1 is 0.951 bits per heavy atom. The Labute approximate surface area is 232 Å². The Morgan fingerprint density at radius 3 is 2.39 bits per heavy atom. The van der Waals surface area contributed by atoms with Gasteiger partial charge in [0.1, 0.15) is 5.56 Å². The van der Waals surface area contributed by atoms with E-state index >= 15 is 0 Å². The maximum absolute atomic E-state index is 14.1. The normalized spacial score (nSPS) is 14.9. The molecule has 13 heteroatoms. The van der Waals surface area contributed by atoms with Crippen LogP contribution in [0.5, 0.6) is 0 Å². The largest absolute Gasteiger partial charge is 0.433 e. The molecule has 0 atom stereocenters. The van der Waals surface area contributed by atoms with Gasteiger partial charge in [0.2, 0.25) is 10.0 Å². The second kappa shape index (κ2) is 10.3. The zero-order chi connectivity index (χ0) is 28.8. The smallest absolute Gasteiger partial charge is 0.379 e. The van der Waals surface area contributed by atoms with E-state index in [1.54, 1.807) is 24.3 Å². The molecular weight excluding hydrogens is 559 g/mol. The van der Waals surface area contributed by atoms with Crippen molar-refractivity contribution in [2.75, 3.05) is 31.6 Å². The molecule has 0 radical (unpaired) electrons. The minimum absolute atomic E-state index is 0.0360. The van der Waals surface area contributed by atoms with Crippen LogP contribution in [-0.4, -0.2) is 59.5 Å². The lowest BCUT2D eigenvalue weighted by Crippen LogP contribution is -2.40. The number of sulfonamides is 1. The minimum Gasteiger partial charge on any atom is -0.379 e. The van der Waals surface area contributed by atoms with Crippen LogP contribution in [0.15, 0.2) is 83.9 Å². The van der Waals surface area contributed by atoms with E-state index in [-0.39, 0.29) is 40.6 Å². The Morgan fingerprint density at radius 2 is 1.66 bits per heavy atom. The molecule has 3 aromatic carbocycles. The minimum atomic E-state index is -4.78. The fourth-order valence-electron chi connectivity index (χ4n) is 4.76. The lowest BCUT2D eigenvalue weighted by Gasteiger charge is -2.26. The van der Waals surface area contributed by atoms with E-state index in [4.69, 9.17) is 4.74 Å². The zero-order valence-corrected chi connectivity index (χ0v) is 22.1. The lowest BCUT2D eigenvalue weighted by atomic mass is 10.0. The van der Waals surface area contributed by atoms with Crippen LogP contribution in [0.2, 0.25) is 0 Å². The predicted molar refractivity (Wildman–Crippen MR) is 145 cm³/mol. The third-order valence-corrected chi connectivity index (χ3v) is 8.71. The summed E-state index contributed by atoms with van der Waals surface area (Å²) in [5.74, 6) is -0.750. The van der Waals surface area contributed by atoms with E-state index in [0.717, 1.165) is 17.6 Å². The number of alkyl halides is 3. The highest BCUT2D eigenvalue weighted by Gasteiger charge is 2.36. The molecule has 3 heterocycles. The van der Waals surface area contributed by atoms with Crippen LogP contribution in [0.1, 0.15) is 16.1 Å². The fraction of sp³-hybridized carbons (Fsp3) is 0.179. The van der Waals surface area contributed by atoms with Crippen molar-refractivity contribution in [1.29, 1.82) is 0 Å². The number of amides is 1. The summed E-state index contributed by atoms with van der Waals surface area (Å²) in [7, 11) is -3.73. The first-order valence-electron chi connectivity index (χ1n) is 12.6. The van der Waals surface area contributed by atoms with Crippen molar-refractivity contribution in [3.63, 3.8) is 0 Å². The van der Waals surface area contributed by atoms with Gasteiger partial charge in [0.25, 0.3) is 5.91 Å². The van der Waals surface area contributed by atoms with Gasteiger partial charge < -0.3 is 10.1 Å². The van der Waals surface area contributed by atoms with Gasteiger partial charge in [-0.15, -0.1) is 0 Å². The van der Waals surface area contributed by atoms with Crippen LogP contribution in [0.3, 0.4) is 0 Å². The van der Waals surface area contributed by atoms with Gasteiger partial charge in [-0.3, -0.25) is 4.79 Å². The summed E-state index contributed by atoms with van der Waals surface area (Å²) >= 11 is 0. The fourth-order valence-corrected chi connectivity index (χ4v) is 6.16. The van der Waals surface area contributed by atoms with Crippen molar-refractivity contribution in [2.24, 2.45) is 0 Å². The number of carbonyl (C=O) groups is 1. The average Bonchev–Trinajstić information content (AvgIpc) is 3.41. The van der Waals surface area contributed by atoms with Crippen LogP contribution < -0.4 is 5.32 Å². The Kier molecular flexibility index (Phi) is 6.72. The van der Waals surface area contributed by atoms with Crippen LogP contribution in [0.25, 0.3) is 27.7 Å². The van der Waals surface area contributed by atoms with Crippen molar-refractivity contribution in [2.45, 2.75) is 11.1 Å². The molecule has 1 aliphatic rings. The highest BCUT2D eigenvalue weighted by Crippen LogP contribution is 2.35. The molecule has 0 bridgehead atoms. The number of morpholine rings is 1. The summed E-state index contributed by atoms with van der Waals surface area (Å²) in [5.41, 5.74) is -0.775. The van der Waals surface area contributed by atoms with Crippen molar-refractivity contribution < 1.29 is 31.1 Å². The molecule has 9 nitrogen and oxygen atoms in total.